The molecule has 1 rings (SSSR count). The Hall–Kier alpha value is -0.0400. The van der Waals surface area contributed by atoms with E-state index in [0.29, 0.717) is 16.9 Å². The van der Waals surface area contributed by atoms with Crippen LogP contribution in [0.4, 0.5) is 0 Å². The van der Waals surface area contributed by atoms with E-state index in [0.717, 1.165) is 0 Å². The van der Waals surface area contributed by atoms with Crippen molar-refractivity contribution < 1.29 is 0 Å². The normalized spacial score (nSPS) is 27.8. The lowest BCUT2D eigenvalue weighted by Crippen LogP contribution is -2.59. The van der Waals surface area contributed by atoms with Crippen LogP contribution in [0.15, 0.2) is 0 Å². The zero-order valence-corrected chi connectivity index (χ0v) is 11.5. The Kier molecular flexibility index (Phi) is 3.27. The molecule has 0 aromatic rings. The lowest BCUT2D eigenvalue weighted by molar-refractivity contribution is -0.0798. The Morgan fingerprint density at radius 2 is 1.40 bits per heavy atom. The Bertz CT molecular complexity index is 202. The van der Waals surface area contributed by atoms with Gasteiger partial charge in [0.15, 0.2) is 0 Å². The van der Waals surface area contributed by atoms with Crippen LogP contribution in [0.5, 0.6) is 0 Å². The fourth-order valence-electron chi connectivity index (χ4n) is 4.19. The fraction of sp³-hybridized carbons (Fsp3) is 1.00. The van der Waals surface area contributed by atoms with Crippen LogP contribution >= 0.6 is 0 Å². The fourth-order valence-corrected chi connectivity index (χ4v) is 4.19. The third kappa shape index (κ3) is 1.95. The highest BCUT2D eigenvalue weighted by atomic mass is 14.8. The molecule has 1 aliphatic rings. The first kappa shape index (κ1) is 13.0. The molecule has 15 heavy (non-hydrogen) atoms. The minimum Gasteiger partial charge on any atom is -0.327 e. The molecule has 0 radical (unpaired) electrons. The largest absolute Gasteiger partial charge is 0.327 e. The standard InChI is InChI=1S/C14H29N/c1-12(2,3)14(13(4,5)6)10-8-7-9-11(14)15/h11H,7-10,15H2,1-6H3. The van der Waals surface area contributed by atoms with Gasteiger partial charge in [-0.05, 0) is 29.1 Å². The van der Waals surface area contributed by atoms with Gasteiger partial charge < -0.3 is 5.73 Å². The second-order valence-electron chi connectivity index (χ2n) is 7.32. The molecule has 0 aromatic carbocycles. The Balaban J connectivity index is 3.17. The second-order valence-corrected chi connectivity index (χ2v) is 7.32. The van der Waals surface area contributed by atoms with E-state index in [1.807, 2.05) is 0 Å². The lowest BCUT2D eigenvalue weighted by atomic mass is 9.47. The highest BCUT2D eigenvalue weighted by Gasteiger charge is 2.54. The second kappa shape index (κ2) is 3.76. The third-order valence-electron chi connectivity index (χ3n) is 4.65. The molecule has 0 aliphatic heterocycles. The quantitative estimate of drug-likeness (QED) is 0.644. The maximum Gasteiger partial charge on any atom is 0.0106 e. The molecule has 0 bridgehead atoms. The maximum absolute atomic E-state index is 6.49. The van der Waals surface area contributed by atoms with E-state index in [1.165, 1.54) is 25.7 Å². The van der Waals surface area contributed by atoms with Gasteiger partial charge in [0.1, 0.15) is 0 Å². The smallest absolute Gasteiger partial charge is 0.0106 e. The van der Waals surface area contributed by atoms with Crippen molar-refractivity contribution in [2.24, 2.45) is 22.0 Å². The minimum absolute atomic E-state index is 0.290. The molecule has 1 unspecified atom stereocenters. The van der Waals surface area contributed by atoms with Crippen LogP contribution in [0.1, 0.15) is 67.2 Å². The summed E-state index contributed by atoms with van der Waals surface area (Å²) in [5, 5.41) is 0. The van der Waals surface area contributed by atoms with Crippen molar-refractivity contribution in [2.45, 2.75) is 73.3 Å². The van der Waals surface area contributed by atoms with E-state index in [-0.39, 0.29) is 5.41 Å². The topological polar surface area (TPSA) is 26.0 Å². The predicted molar refractivity (Wildman–Crippen MR) is 67.8 cm³/mol. The van der Waals surface area contributed by atoms with Crippen LogP contribution < -0.4 is 5.73 Å². The van der Waals surface area contributed by atoms with Gasteiger partial charge >= 0.3 is 0 Å². The van der Waals surface area contributed by atoms with E-state index >= 15 is 0 Å². The summed E-state index contributed by atoms with van der Waals surface area (Å²) in [5.41, 5.74) is 7.37. The molecule has 1 atom stereocenters. The average molecular weight is 211 g/mol. The first-order valence-corrected chi connectivity index (χ1v) is 6.38. The molecule has 0 heterocycles. The van der Waals surface area contributed by atoms with E-state index in [4.69, 9.17) is 5.73 Å². The Morgan fingerprint density at radius 3 is 1.67 bits per heavy atom. The summed E-state index contributed by atoms with van der Waals surface area (Å²) in [4.78, 5) is 0. The first-order valence-electron chi connectivity index (χ1n) is 6.38. The van der Waals surface area contributed by atoms with E-state index < -0.39 is 0 Å². The molecule has 1 heteroatoms. The molecule has 1 saturated carbocycles. The lowest BCUT2D eigenvalue weighted by Gasteiger charge is -2.59. The van der Waals surface area contributed by atoms with Crippen LogP contribution in [-0.2, 0) is 0 Å². The molecular weight excluding hydrogens is 182 g/mol. The van der Waals surface area contributed by atoms with Gasteiger partial charge in [0, 0.05) is 6.04 Å². The van der Waals surface area contributed by atoms with Crippen LogP contribution in [0.2, 0.25) is 0 Å². The highest BCUT2D eigenvalue weighted by Crippen LogP contribution is 2.58. The zero-order chi connectivity index (χ0) is 11.9. The summed E-state index contributed by atoms with van der Waals surface area (Å²) in [6.45, 7) is 14.2. The van der Waals surface area contributed by atoms with Gasteiger partial charge in [-0.1, -0.05) is 54.4 Å². The molecule has 0 aromatic heterocycles. The van der Waals surface area contributed by atoms with Gasteiger partial charge in [-0.2, -0.15) is 0 Å². The van der Waals surface area contributed by atoms with E-state index in [9.17, 15) is 0 Å². The molecule has 1 fully saturated rings. The molecule has 1 nitrogen and oxygen atoms in total. The van der Waals surface area contributed by atoms with Gasteiger partial charge in [0.05, 0.1) is 0 Å². The average Bonchev–Trinajstić information content (AvgIpc) is 2.00. The van der Waals surface area contributed by atoms with Crippen LogP contribution in [-0.4, -0.2) is 6.04 Å². The van der Waals surface area contributed by atoms with Crippen molar-refractivity contribution in [2.75, 3.05) is 0 Å². The van der Waals surface area contributed by atoms with Crippen molar-refractivity contribution in [3.05, 3.63) is 0 Å². The predicted octanol–water partition coefficient (Wildman–Crippen LogP) is 3.97. The van der Waals surface area contributed by atoms with Crippen LogP contribution in [0.3, 0.4) is 0 Å². The SMILES string of the molecule is CC(C)(C)C1(C(C)(C)C)CCCCC1N. The summed E-state index contributed by atoms with van der Waals surface area (Å²) < 4.78 is 0. The van der Waals surface area contributed by atoms with Crippen LogP contribution in [0.25, 0.3) is 0 Å². The summed E-state index contributed by atoms with van der Waals surface area (Å²) in [5.74, 6) is 0. The highest BCUT2D eigenvalue weighted by molar-refractivity contribution is 5.06. The molecule has 90 valence electrons. The molecule has 0 saturated heterocycles. The van der Waals surface area contributed by atoms with Crippen molar-refractivity contribution in [1.82, 2.24) is 0 Å². The van der Waals surface area contributed by atoms with Crippen LogP contribution in [0, 0.1) is 16.2 Å². The molecule has 0 spiro atoms. The summed E-state index contributed by atoms with van der Waals surface area (Å²) >= 11 is 0. The Labute approximate surface area is 95.8 Å². The van der Waals surface area contributed by atoms with E-state index in [2.05, 4.69) is 41.5 Å². The zero-order valence-electron chi connectivity index (χ0n) is 11.5. The van der Waals surface area contributed by atoms with Gasteiger partial charge in [-0.15, -0.1) is 0 Å². The van der Waals surface area contributed by atoms with Crippen molar-refractivity contribution in [3.8, 4) is 0 Å². The van der Waals surface area contributed by atoms with Gasteiger partial charge in [-0.3, -0.25) is 0 Å². The molecular formula is C14H29N. The molecule has 1 aliphatic carbocycles. The van der Waals surface area contributed by atoms with Crippen molar-refractivity contribution in [3.63, 3.8) is 0 Å². The number of hydrogen-bond donors (Lipinski definition) is 1. The number of rotatable bonds is 0. The first-order chi connectivity index (χ1) is 6.63. The molecule has 2 N–H and O–H groups in total. The number of nitrogens with two attached hydrogens (primary N) is 1. The number of hydrogen-bond acceptors (Lipinski definition) is 1. The third-order valence-corrected chi connectivity index (χ3v) is 4.65. The van der Waals surface area contributed by atoms with E-state index in [1.54, 1.807) is 0 Å². The van der Waals surface area contributed by atoms with Crippen molar-refractivity contribution in [1.29, 1.82) is 0 Å². The van der Waals surface area contributed by atoms with Gasteiger partial charge in [-0.25, -0.2) is 0 Å². The van der Waals surface area contributed by atoms with Gasteiger partial charge in [0.25, 0.3) is 0 Å². The summed E-state index contributed by atoms with van der Waals surface area (Å²) in [6.07, 6.45) is 5.16. The van der Waals surface area contributed by atoms with Gasteiger partial charge in [0.2, 0.25) is 0 Å². The molecule has 0 amide bonds. The maximum atomic E-state index is 6.49. The van der Waals surface area contributed by atoms with Crippen molar-refractivity contribution >= 4 is 0 Å². The summed E-state index contributed by atoms with van der Waals surface area (Å²) in [6, 6.07) is 0.367. The minimum atomic E-state index is 0.290. The Morgan fingerprint density at radius 1 is 0.933 bits per heavy atom. The summed E-state index contributed by atoms with van der Waals surface area (Å²) in [7, 11) is 0. The monoisotopic (exact) mass is 211 g/mol.